The van der Waals surface area contributed by atoms with Crippen LogP contribution in [0.4, 0.5) is 18.9 Å². The summed E-state index contributed by atoms with van der Waals surface area (Å²) in [6.07, 6.45) is -0.338. The third-order valence-corrected chi connectivity index (χ3v) is 6.04. The maximum Gasteiger partial charge on any atom is 0.307 e. The van der Waals surface area contributed by atoms with Crippen molar-refractivity contribution in [1.29, 1.82) is 0 Å². The highest BCUT2D eigenvalue weighted by atomic mass is 19.3. The van der Waals surface area contributed by atoms with Crippen LogP contribution in [0.15, 0.2) is 60.7 Å². The van der Waals surface area contributed by atoms with Crippen molar-refractivity contribution in [3.63, 3.8) is 0 Å². The zero-order valence-electron chi connectivity index (χ0n) is 19.2. The summed E-state index contributed by atoms with van der Waals surface area (Å²) in [5, 5.41) is 12.2. The number of aliphatic carboxylic acids is 1. The van der Waals surface area contributed by atoms with Crippen LogP contribution in [0.1, 0.15) is 36.1 Å². The maximum absolute atomic E-state index is 15.2. The van der Waals surface area contributed by atoms with E-state index in [2.05, 4.69) is 5.32 Å². The van der Waals surface area contributed by atoms with E-state index in [0.717, 1.165) is 0 Å². The third-order valence-electron chi connectivity index (χ3n) is 6.04. The fraction of sp³-hybridized carbons (Fsp3) is 0.296. The highest BCUT2D eigenvalue weighted by molar-refractivity contribution is 5.72. The van der Waals surface area contributed by atoms with E-state index in [-0.39, 0.29) is 26.0 Å². The van der Waals surface area contributed by atoms with Crippen molar-refractivity contribution in [3.05, 3.63) is 83.2 Å². The first kappa shape index (κ1) is 24.6. The first-order chi connectivity index (χ1) is 16.6. The zero-order chi connectivity index (χ0) is 25.2. The minimum Gasteiger partial charge on any atom is -0.489 e. The predicted molar refractivity (Wildman–Crippen MR) is 128 cm³/mol. The van der Waals surface area contributed by atoms with Gasteiger partial charge in [0.25, 0.3) is 5.92 Å². The van der Waals surface area contributed by atoms with Crippen molar-refractivity contribution in [1.82, 2.24) is 0 Å². The molecular formula is C27H27F3N2O3. The summed E-state index contributed by atoms with van der Waals surface area (Å²) in [6.45, 7) is 1.87. The molecule has 2 unspecified atom stereocenters. The molecule has 3 aromatic rings. The number of nitrogens with two attached hydrogens (primary N) is 1. The average Bonchev–Trinajstić information content (AvgIpc) is 3.42. The van der Waals surface area contributed by atoms with Crippen LogP contribution in [0.2, 0.25) is 0 Å². The Bertz CT molecular complexity index is 1230. The molecule has 3 aromatic carbocycles. The standard InChI is InChI=1S/C27H27F3N2O3/c1-16(31)22-6-4-7-23(26(22)28)19-9-17(10-21(11-19)32-14-20-13-27(20,29)30)15-35-24-8-3-2-5-18(24)12-25(33)34/h2-11,16,20,32H,12-15,31H2,1H3,(H,33,34). The largest absolute Gasteiger partial charge is 0.489 e. The molecule has 1 aliphatic rings. The minimum absolute atomic E-state index is 0.0767. The summed E-state index contributed by atoms with van der Waals surface area (Å²) in [4.78, 5) is 11.2. The van der Waals surface area contributed by atoms with Gasteiger partial charge >= 0.3 is 5.97 Å². The van der Waals surface area contributed by atoms with Crippen molar-refractivity contribution in [3.8, 4) is 16.9 Å². The van der Waals surface area contributed by atoms with Crippen LogP contribution in [0, 0.1) is 11.7 Å². The van der Waals surface area contributed by atoms with Crippen molar-refractivity contribution in [2.75, 3.05) is 11.9 Å². The fourth-order valence-electron chi connectivity index (χ4n) is 4.00. The highest BCUT2D eigenvalue weighted by Crippen LogP contribution is 2.48. The van der Waals surface area contributed by atoms with Gasteiger partial charge in [0.1, 0.15) is 18.2 Å². The van der Waals surface area contributed by atoms with Crippen molar-refractivity contribution < 1.29 is 27.8 Å². The monoisotopic (exact) mass is 484 g/mol. The number of anilines is 1. The van der Waals surface area contributed by atoms with Gasteiger partial charge in [-0.25, -0.2) is 13.2 Å². The third kappa shape index (κ3) is 5.95. The van der Waals surface area contributed by atoms with Crippen LogP contribution >= 0.6 is 0 Å². The summed E-state index contributed by atoms with van der Waals surface area (Å²) >= 11 is 0. The molecule has 0 amide bonds. The Balaban J connectivity index is 1.63. The van der Waals surface area contributed by atoms with Crippen LogP contribution in [-0.4, -0.2) is 23.5 Å². The Morgan fingerprint density at radius 2 is 1.94 bits per heavy atom. The van der Waals surface area contributed by atoms with Gasteiger partial charge in [0, 0.05) is 47.3 Å². The summed E-state index contributed by atoms with van der Waals surface area (Å²) in [6, 6.07) is 16.6. The molecule has 0 bridgehead atoms. The van der Waals surface area contributed by atoms with Crippen molar-refractivity contribution >= 4 is 11.7 Å². The first-order valence-corrected chi connectivity index (χ1v) is 11.4. The topological polar surface area (TPSA) is 84.6 Å². The molecular weight excluding hydrogens is 457 g/mol. The fourth-order valence-corrected chi connectivity index (χ4v) is 4.00. The van der Waals surface area contributed by atoms with E-state index in [9.17, 15) is 13.6 Å². The van der Waals surface area contributed by atoms with E-state index in [1.54, 1.807) is 67.6 Å². The molecule has 1 saturated carbocycles. The Morgan fingerprint density at radius 1 is 1.20 bits per heavy atom. The summed E-state index contributed by atoms with van der Waals surface area (Å²) < 4.78 is 47.9. The number of rotatable bonds is 10. The number of hydrogen-bond donors (Lipinski definition) is 3. The molecule has 1 fully saturated rings. The molecule has 0 aromatic heterocycles. The van der Waals surface area contributed by atoms with E-state index in [0.29, 0.717) is 39.3 Å². The van der Waals surface area contributed by atoms with Gasteiger partial charge in [-0.3, -0.25) is 4.79 Å². The van der Waals surface area contributed by atoms with E-state index in [1.807, 2.05) is 0 Å². The van der Waals surface area contributed by atoms with Crippen LogP contribution in [0.25, 0.3) is 11.1 Å². The van der Waals surface area contributed by atoms with Crippen LogP contribution < -0.4 is 15.8 Å². The first-order valence-electron chi connectivity index (χ1n) is 11.4. The van der Waals surface area contributed by atoms with Gasteiger partial charge in [-0.15, -0.1) is 0 Å². The Hall–Kier alpha value is -3.52. The quantitative estimate of drug-likeness (QED) is 0.339. The molecule has 5 nitrogen and oxygen atoms in total. The van der Waals surface area contributed by atoms with Gasteiger partial charge in [-0.1, -0.05) is 36.4 Å². The molecule has 1 aliphatic carbocycles. The molecule has 0 radical (unpaired) electrons. The van der Waals surface area contributed by atoms with Gasteiger partial charge in [0.2, 0.25) is 0 Å². The Labute approximate surface area is 201 Å². The molecule has 184 valence electrons. The van der Waals surface area contributed by atoms with E-state index >= 15 is 4.39 Å². The number of halogens is 3. The second-order valence-electron chi connectivity index (χ2n) is 8.93. The lowest BCUT2D eigenvalue weighted by molar-refractivity contribution is -0.136. The van der Waals surface area contributed by atoms with E-state index < -0.39 is 29.7 Å². The van der Waals surface area contributed by atoms with Crippen molar-refractivity contribution in [2.45, 2.75) is 38.3 Å². The number of carboxylic acid groups (broad SMARTS) is 1. The van der Waals surface area contributed by atoms with Crippen molar-refractivity contribution in [2.24, 2.45) is 11.7 Å². The smallest absolute Gasteiger partial charge is 0.307 e. The average molecular weight is 485 g/mol. The molecule has 0 aliphatic heterocycles. The molecule has 0 heterocycles. The lowest BCUT2D eigenvalue weighted by atomic mass is 9.97. The normalized spacial score (nSPS) is 17.0. The number of benzene rings is 3. The molecule has 8 heteroatoms. The second-order valence-corrected chi connectivity index (χ2v) is 8.93. The van der Waals surface area contributed by atoms with Crippen LogP contribution in [0.3, 0.4) is 0 Å². The van der Waals surface area contributed by atoms with Gasteiger partial charge < -0.3 is 20.9 Å². The number of ether oxygens (including phenoxy) is 1. The lowest BCUT2D eigenvalue weighted by Gasteiger charge is -2.16. The molecule has 2 atom stereocenters. The predicted octanol–water partition coefficient (Wildman–Crippen LogP) is 5.79. The number of hydrogen-bond acceptors (Lipinski definition) is 4. The zero-order valence-corrected chi connectivity index (χ0v) is 19.2. The molecule has 35 heavy (non-hydrogen) atoms. The molecule has 4 N–H and O–H groups in total. The van der Waals surface area contributed by atoms with Gasteiger partial charge in [0.05, 0.1) is 6.42 Å². The number of carbonyl (C=O) groups is 1. The summed E-state index contributed by atoms with van der Waals surface area (Å²) in [5.74, 6) is -4.37. The van der Waals surface area contributed by atoms with Gasteiger partial charge in [-0.05, 0) is 42.3 Å². The number of para-hydroxylation sites is 1. The highest BCUT2D eigenvalue weighted by Gasteiger charge is 2.56. The molecule has 0 spiro atoms. The van der Waals surface area contributed by atoms with Crippen LogP contribution in [0.5, 0.6) is 5.75 Å². The molecule has 4 rings (SSSR count). The number of carboxylic acids is 1. The maximum atomic E-state index is 15.2. The number of alkyl halides is 2. The van der Waals surface area contributed by atoms with E-state index in [1.165, 1.54) is 0 Å². The lowest BCUT2D eigenvalue weighted by Crippen LogP contribution is -2.10. The van der Waals surface area contributed by atoms with Gasteiger partial charge in [-0.2, -0.15) is 0 Å². The molecule has 0 saturated heterocycles. The second kappa shape index (κ2) is 10.00. The van der Waals surface area contributed by atoms with E-state index in [4.69, 9.17) is 15.6 Å². The minimum atomic E-state index is -2.65. The SMILES string of the molecule is CC(N)c1cccc(-c2cc(COc3ccccc3CC(=O)O)cc(NCC3CC3(F)F)c2)c1F. The summed E-state index contributed by atoms with van der Waals surface area (Å²) in [5.41, 5.74) is 8.94. The van der Waals surface area contributed by atoms with Gasteiger partial charge in [0.15, 0.2) is 0 Å². The number of nitrogens with one attached hydrogen (secondary N) is 1. The Morgan fingerprint density at radius 3 is 2.63 bits per heavy atom. The summed E-state index contributed by atoms with van der Waals surface area (Å²) in [7, 11) is 0. The Kier molecular flexibility index (Phi) is 7.03. The van der Waals surface area contributed by atoms with Crippen LogP contribution in [-0.2, 0) is 17.8 Å².